The van der Waals surface area contributed by atoms with Crippen LogP contribution in [0.2, 0.25) is 0 Å². The van der Waals surface area contributed by atoms with Crippen molar-refractivity contribution in [1.29, 1.82) is 0 Å². The molecule has 1 amide bonds. The molecule has 1 aliphatic heterocycles. The van der Waals surface area contributed by atoms with Gasteiger partial charge in [0.2, 0.25) is 5.91 Å². The number of aliphatic hydroxyl groups excluding tert-OH is 1. The Morgan fingerprint density at radius 1 is 0.690 bits per heavy atom. The normalized spacial score (nSPS) is 16.5. The number of amides is 1. The van der Waals surface area contributed by atoms with Crippen LogP contribution in [-0.2, 0) is 32.2 Å². The topological polar surface area (TPSA) is 131 Å². The first-order valence-corrected chi connectivity index (χ1v) is 20.8. The zero-order valence-electron chi connectivity index (χ0n) is 32.3. The van der Waals surface area contributed by atoms with Crippen LogP contribution in [0.1, 0.15) is 79.6 Å². The largest absolute Gasteiger partial charge is 0.481 e. The molecule has 10 heteroatoms. The number of ether oxygens (including phenoxy) is 2. The predicted molar refractivity (Wildman–Crippen MR) is 226 cm³/mol. The van der Waals surface area contributed by atoms with Gasteiger partial charge in [0, 0.05) is 48.3 Å². The molecule has 1 aliphatic rings. The van der Waals surface area contributed by atoms with Crippen LogP contribution in [0, 0.1) is 0 Å². The number of nitrogens with one attached hydrogen (secondary N) is 1. The summed E-state index contributed by atoms with van der Waals surface area (Å²) < 4.78 is 19.8. The maximum atomic E-state index is 12.5. The van der Waals surface area contributed by atoms with Crippen molar-refractivity contribution in [2.24, 2.45) is 0 Å². The van der Waals surface area contributed by atoms with Gasteiger partial charge in [0.1, 0.15) is 5.69 Å². The predicted octanol–water partition coefficient (Wildman–Crippen LogP) is 10.5. The Kier molecular flexibility index (Phi) is 14.2. The number of carboxylic acids is 1. The minimum atomic E-state index is -0.781. The van der Waals surface area contributed by atoms with Crippen LogP contribution in [0.5, 0.6) is 0 Å². The average molecular weight is 797 g/mol. The summed E-state index contributed by atoms with van der Waals surface area (Å²) in [6, 6.07) is 44.3. The molecule has 3 atom stereocenters. The molecule has 0 spiro atoms. The molecule has 1 fully saturated rings. The first-order valence-electron chi connectivity index (χ1n) is 19.8. The summed E-state index contributed by atoms with van der Waals surface area (Å²) in [5.41, 5.74) is 8.49. The van der Waals surface area contributed by atoms with Crippen LogP contribution in [0.3, 0.4) is 0 Å². The van der Waals surface area contributed by atoms with Crippen molar-refractivity contribution in [2.75, 3.05) is 5.75 Å². The van der Waals surface area contributed by atoms with Gasteiger partial charge in [0.15, 0.2) is 12.1 Å². The highest BCUT2D eigenvalue weighted by Gasteiger charge is 2.33. The molecule has 0 saturated carbocycles. The van der Waals surface area contributed by atoms with Gasteiger partial charge in [-0.15, -0.1) is 0 Å². The Hall–Kier alpha value is -5.52. The van der Waals surface area contributed by atoms with E-state index in [4.69, 9.17) is 24.0 Å². The Labute approximate surface area is 343 Å². The number of hydrogen-bond acceptors (Lipinski definition) is 8. The zero-order valence-corrected chi connectivity index (χ0v) is 33.1. The third-order valence-electron chi connectivity index (χ3n) is 10.2. The van der Waals surface area contributed by atoms with E-state index in [1.54, 1.807) is 0 Å². The van der Waals surface area contributed by atoms with Crippen molar-refractivity contribution in [1.82, 2.24) is 10.3 Å². The van der Waals surface area contributed by atoms with E-state index in [0.717, 1.165) is 75.2 Å². The number of aliphatic carboxylic acids is 1. The van der Waals surface area contributed by atoms with Crippen molar-refractivity contribution < 1.29 is 33.7 Å². The molecule has 298 valence electrons. The SMILES string of the molecule is O=C(O)CCCCCCC(=O)NCc1cccc(-c2cccc([C@H]3O[C@@H](CSc4nc(-c5ccccc5)c(-c5ccccc5)o4)C[C@@H](c4ccc(CO)cc4)O3)c2)c1. The molecule has 9 nitrogen and oxygen atoms in total. The number of rotatable bonds is 18. The van der Waals surface area contributed by atoms with Crippen molar-refractivity contribution in [3.8, 4) is 33.7 Å². The zero-order chi connectivity index (χ0) is 40.1. The van der Waals surface area contributed by atoms with Crippen LogP contribution in [-0.4, -0.2) is 38.9 Å². The van der Waals surface area contributed by atoms with Gasteiger partial charge < -0.3 is 29.4 Å². The molecule has 3 N–H and O–H groups in total. The Balaban J connectivity index is 1.05. The first kappa shape index (κ1) is 40.7. The van der Waals surface area contributed by atoms with Crippen molar-refractivity contribution in [3.05, 3.63) is 156 Å². The number of oxazole rings is 1. The number of carbonyl (C=O) groups is 2. The lowest BCUT2D eigenvalue weighted by Gasteiger charge is -2.36. The number of nitrogens with zero attached hydrogens (tertiary/aromatic N) is 1. The molecule has 58 heavy (non-hydrogen) atoms. The van der Waals surface area contributed by atoms with Crippen molar-refractivity contribution >= 4 is 23.6 Å². The standard InChI is InChI=1S/C48H48N2O7S/c51-31-33-23-25-35(26-24-33)42-29-41(32-58-48-50-45(36-14-5-3-6-15-36)46(57-48)37-16-7-4-8-17-37)55-47(56-42)40-20-12-19-39(28-40)38-18-11-13-34(27-38)30-49-43(52)21-9-1-2-10-22-44(53)54/h3-8,11-20,23-28,41-42,47,51H,1-2,9-10,21-22,29-32H2,(H,49,52)(H,53,54)/t41-,42+,47+/m1/s1. The smallest absolute Gasteiger partial charge is 0.303 e. The number of benzene rings is 5. The molecule has 1 saturated heterocycles. The number of aromatic nitrogens is 1. The molecule has 0 bridgehead atoms. The summed E-state index contributed by atoms with van der Waals surface area (Å²) in [5, 5.41) is 22.1. The molecule has 0 aliphatic carbocycles. The lowest BCUT2D eigenvalue weighted by molar-refractivity contribution is -0.245. The Bertz CT molecular complexity index is 2190. The lowest BCUT2D eigenvalue weighted by Crippen LogP contribution is -2.31. The maximum Gasteiger partial charge on any atom is 0.303 e. The summed E-state index contributed by atoms with van der Waals surface area (Å²) in [6.45, 7) is 0.390. The highest BCUT2D eigenvalue weighted by Crippen LogP contribution is 2.41. The third kappa shape index (κ3) is 11.1. The second-order valence-corrected chi connectivity index (χ2v) is 15.4. The van der Waals surface area contributed by atoms with Crippen LogP contribution >= 0.6 is 11.8 Å². The van der Waals surface area contributed by atoms with Gasteiger partial charge in [-0.1, -0.05) is 146 Å². The number of aliphatic hydroxyl groups is 1. The fraction of sp³-hybridized carbons (Fsp3) is 0.271. The van der Waals surface area contributed by atoms with E-state index < -0.39 is 12.3 Å². The summed E-state index contributed by atoms with van der Waals surface area (Å²) >= 11 is 1.53. The summed E-state index contributed by atoms with van der Waals surface area (Å²) in [6.07, 6.45) is 3.15. The van der Waals surface area contributed by atoms with E-state index in [1.807, 2.05) is 109 Å². The first-order chi connectivity index (χ1) is 28.4. The molecule has 0 unspecified atom stereocenters. The summed E-state index contributed by atoms with van der Waals surface area (Å²) in [4.78, 5) is 28.2. The van der Waals surface area contributed by atoms with Gasteiger partial charge in [0.25, 0.3) is 5.22 Å². The minimum Gasteiger partial charge on any atom is -0.481 e. The highest BCUT2D eigenvalue weighted by molar-refractivity contribution is 7.99. The molecule has 7 rings (SSSR count). The van der Waals surface area contributed by atoms with Crippen molar-refractivity contribution in [3.63, 3.8) is 0 Å². The minimum absolute atomic E-state index is 0.0124. The van der Waals surface area contributed by atoms with Gasteiger partial charge in [-0.3, -0.25) is 9.59 Å². The highest BCUT2D eigenvalue weighted by atomic mass is 32.2. The van der Waals surface area contributed by atoms with Gasteiger partial charge in [-0.05, 0) is 52.8 Å². The fourth-order valence-electron chi connectivity index (χ4n) is 7.06. The van der Waals surface area contributed by atoms with Gasteiger partial charge in [-0.25, -0.2) is 4.98 Å². The van der Waals surface area contributed by atoms with Crippen molar-refractivity contribution in [2.45, 2.75) is 81.8 Å². The quantitative estimate of drug-likeness (QED) is 0.0574. The Morgan fingerprint density at radius 3 is 2.09 bits per heavy atom. The molecule has 1 aromatic heterocycles. The number of unbranched alkanes of at least 4 members (excludes halogenated alkanes) is 3. The van der Waals surface area contributed by atoms with Gasteiger partial charge >= 0.3 is 5.97 Å². The molecule has 2 heterocycles. The Morgan fingerprint density at radius 2 is 1.36 bits per heavy atom. The number of carbonyl (C=O) groups excluding carboxylic acids is 1. The van der Waals surface area contributed by atoms with E-state index >= 15 is 0 Å². The van der Waals surface area contributed by atoms with Gasteiger partial charge in [-0.2, -0.15) is 0 Å². The summed E-state index contributed by atoms with van der Waals surface area (Å²) in [7, 11) is 0. The van der Waals surface area contributed by atoms with E-state index in [1.165, 1.54) is 11.8 Å². The number of thioether (sulfide) groups is 1. The van der Waals surface area contributed by atoms with Gasteiger partial charge in [0.05, 0.1) is 18.8 Å². The van der Waals surface area contributed by atoms with E-state index in [9.17, 15) is 14.7 Å². The molecule has 6 aromatic rings. The van der Waals surface area contributed by atoms with Crippen LogP contribution < -0.4 is 5.32 Å². The average Bonchev–Trinajstić information content (AvgIpc) is 3.71. The maximum absolute atomic E-state index is 12.5. The number of carboxylic acid groups (broad SMARTS) is 1. The van der Waals surface area contributed by atoms with Crippen LogP contribution in [0.15, 0.2) is 143 Å². The second-order valence-electron chi connectivity index (χ2n) is 14.5. The summed E-state index contributed by atoms with van der Waals surface area (Å²) in [5.74, 6) is 0.525. The molecular formula is C48H48N2O7S. The second kappa shape index (κ2) is 20.3. The lowest BCUT2D eigenvalue weighted by atomic mass is 9.99. The van der Waals surface area contributed by atoms with Crippen LogP contribution in [0.4, 0.5) is 0 Å². The van der Waals surface area contributed by atoms with E-state index in [-0.39, 0.29) is 31.1 Å². The van der Waals surface area contributed by atoms with E-state index in [2.05, 4.69) is 29.6 Å². The fourth-order valence-corrected chi connectivity index (χ4v) is 7.90. The van der Waals surface area contributed by atoms with E-state index in [0.29, 0.717) is 36.8 Å². The third-order valence-corrected chi connectivity index (χ3v) is 11.1. The molecular weight excluding hydrogens is 749 g/mol. The monoisotopic (exact) mass is 796 g/mol. The molecule has 0 radical (unpaired) electrons. The molecule has 5 aromatic carbocycles. The van der Waals surface area contributed by atoms with Crippen LogP contribution in [0.25, 0.3) is 33.7 Å². The number of hydrogen-bond donors (Lipinski definition) is 3.